The van der Waals surface area contributed by atoms with Crippen LogP contribution in [-0.4, -0.2) is 18.6 Å². The first-order chi connectivity index (χ1) is 8.90. The van der Waals surface area contributed by atoms with E-state index in [1.807, 2.05) is 38.1 Å². The van der Waals surface area contributed by atoms with E-state index >= 15 is 0 Å². The van der Waals surface area contributed by atoms with Crippen LogP contribution in [0.25, 0.3) is 0 Å². The molecule has 0 saturated carbocycles. The van der Waals surface area contributed by atoms with Crippen LogP contribution < -0.4 is 15.8 Å². The minimum absolute atomic E-state index is 0.111. The highest BCUT2D eigenvalue weighted by Crippen LogP contribution is 2.18. The van der Waals surface area contributed by atoms with Gasteiger partial charge in [-0.1, -0.05) is 33.8 Å². The molecular formula is C15H24N2O2. The molecule has 4 heteroatoms. The molecule has 0 aliphatic carbocycles. The van der Waals surface area contributed by atoms with E-state index in [9.17, 15) is 4.79 Å². The van der Waals surface area contributed by atoms with Crippen LogP contribution in [0.2, 0.25) is 0 Å². The average molecular weight is 264 g/mol. The van der Waals surface area contributed by atoms with Gasteiger partial charge in [-0.25, -0.2) is 0 Å². The lowest BCUT2D eigenvalue weighted by Crippen LogP contribution is -2.39. The van der Waals surface area contributed by atoms with E-state index in [4.69, 9.17) is 10.5 Å². The summed E-state index contributed by atoms with van der Waals surface area (Å²) in [5.41, 5.74) is 6.51. The molecule has 0 aliphatic heterocycles. The zero-order valence-electron chi connectivity index (χ0n) is 12.1. The van der Waals surface area contributed by atoms with Gasteiger partial charge in [-0.05, 0) is 24.0 Å². The van der Waals surface area contributed by atoms with Crippen molar-refractivity contribution in [1.82, 2.24) is 0 Å². The van der Waals surface area contributed by atoms with E-state index in [0.717, 1.165) is 5.75 Å². The van der Waals surface area contributed by atoms with Crippen molar-refractivity contribution in [3.63, 3.8) is 0 Å². The summed E-state index contributed by atoms with van der Waals surface area (Å²) in [4.78, 5) is 11.9. The van der Waals surface area contributed by atoms with Crippen molar-refractivity contribution in [1.29, 1.82) is 0 Å². The van der Waals surface area contributed by atoms with Gasteiger partial charge in [-0.3, -0.25) is 4.79 Å². The predicted molar refractivity (Wildman–Crippen MR) is 78.2 cm³/mol. The molecule has 0 spiro atoms. The van der Waals surface area contributed by atoms with Crippen molar-refractivity contribution in [2.24, 2.45) is 17.6 Å². The third kappa shape index (κ3) is 5.30. The number of benzene rings is 1. The van der Waals surface area contributed by atoms with Gasteiger partial charge in [0.2, 0.25) is 5.91 Å². The predicted octanol–water partition coefficient (Wildman–Crippen LogP) is 2.64. The van der Waals surface area contributed by atoms with Gasteiger partial charge in [0.1, 0.15) is 5.75 Å². The number of hydrogen-bond donors (Lipinski definition) is 2. The highest BCUT2D eigenvalue weighted by molar-refractivity contribution is 5.94. The van der Waals surface area contributed by atoms with Gasteiger partial charge in [0.15, 0.2) is 0 Å². The quantitative estimate of drug-likeness (QED) is 0.830. The molecular weight excluding hydrogens is 240 g/mol. The molecule has 0 saturated heterocycles. The van der Waals surface area contributed by atoms with Gasteiger partial charge in [0.05, 0.1) is 12.6 Å². The average Bonchev–Trinajstić information content (AvgIpc) is 2.35. The molecule has 0 heterocycles. The van der Waals surface area contributed by atoms with Crippen LogP contribution in [0.15, 0.2) is 24.3 Å². The minimum Gasteiger partial charge on any atom is -0.493 e. The second-order valence-corrected chi connectivity index (χ2v) is 5.49. The maximum atomic E-state index is 11.9. The molecule has 0 aliphatic rings. The molecule has 4 nitrogen and oxygen atoms in total. The fraction of sp³-hybridized carbons (Fsp3) is 0.533. The highest BCUT2D eigenvalue weighted by Gasteiger charge is 2.17. The molecule has 1 atom stereocenters. The topological polar surface area (TPSA) is 64.3 Å². The Morgan fingerprint density at radius 1 is 1.32 bits per heavy atom. The lowest BCUT2D eigenvalue weighted by atomic mass is 10.0. The molecule has 0 aromatic heterocycles. The SMILES string of the molecule is CC(C)COc1cccc(NC(=O)[C@@H](N)C(C)C)c1. The molecule has 1 aromatic carbocycles. The normalized spacial score (nSPS) is 12.6. The van der Waals surface area contributed by atoms with Gasteiger partial charge in [0.25, 0.3) is 0 Å². The van der Waals surface area contributed by atoms with Crippen LogP contribution in [-0.2, 0) is 4.79 Å². The monoisotopic (exact) mass is 264 g/mol. The summed E-state index contributed by atoms with van der Waals surface area (Å²) in [6.45, 7) is 8.68. The van der Waals surface area contributed by atoms with Gasteiger partial charge in [-0.2, -0.15) is 0 Å². The first-order valence-corrected chi connectivity index (χ1v) is 6.69. The van der Waals surface area contributed by atoms with Crippen molar-refractivity contribution in [2.45, 2.75) is 33.7 Å². The Morgan fingerprint density at radius 3 is 2.58 bits per heavy atom. The van der Waals surface area contributed by atoms with E-state index in [-0.39, 0.29) is 11.8 Å². The number of hydrogen-bond acceptors (Lipinski definition) is 3. The molecule has 19 heavy (non-hydrogen) atoms. The summed E-state index contributed by atoms with van der Waals surface area (Å²) in [5.74, 6) is 1.16. The van der Waals surface area contributed by atoms with Crippen LogP contribution in [0.1, 0.15) is 27.7 Å². The van der Waals surface area contributed by atoms with Crippen molar-refractivity contribution >= 4 is 11.6 Å². The van der Waals surface area contributed by atoms with E-state index in [2.05, 4.69) is 19.2 Å². The van der Waals surface area contributed by atoms with E-state index < -0.39 is 6.04 Å². The summed E-state index contributed by atoms with van der Waals surface area (Å²) in [6.07, 6.45) is 0. The smallest absolute Gasteiger partial charge is 0.241 e. The number of ether oxygens (including phenoxy) is 1. The zero-order valence-corrected chi connectivity index (χ0v) is 12.1. The van der Waals surface area contributed by atoms with Crippen LogP contribution >= 0.6 is 0 Å². The lowest BCUT2D eigenvalue weighted by molar-refractivity contribution is -0.118. The summed E-state index contributed by atoms with van der Waals surface area (Å²) in [7, 11) is 0. The summed E-state index contributed by atoms with van der Waals surface area (Å²) in [6, 6.07) is 6.87. The Morgan fingerprint density at radius 2 is 2.00 bits per heavy atom. The molecule has 0 radical (unpaired) electrons. The minimum atomic E-state index is -0.500. The van der Waals surface area contributed by atoms with Crippen molar-refractivity contribution in [3.05, 3.63) is 24.3 Å². The second-order valence-electron chi connectivity index (χ2n) is 5.49. The Balaban J connectivity index is 2.64. The lowest BCUT2D eigenvalue weighted by Gasteiger charge is -2.16. The largest absolute Gasteiger partial charge is 0.493 e. The van der Waals surface area contributed by atoms with Crippen LogP contribution in [0.5, 0.6) is 5.75 Å². The van der Waals surface area contributed by atoms with Crippen LogP contribution in [0.4, 0.5) is 5.69 Å². The molecule has 0 bridgehead atoms. The Labute approximate surface area is 115 Å². The number of carbonyl (C=O) groups is 1. The fourth-order valence-corrected chi connectivity index (χ4v) is 1.45. The molecule has 0 fully saturated rings. The van der Waals surface area contributed by atoms with Gasteiger partial charge in [-0.15, -0.1) is 0 Å². The fourth-order valence-electron chi connectivity index (χ4n) is 1.45. The molecule has 0 unspecified atom stereocenters. The second kappa shape index (κ2) is 7.14. The maximum Gasteiger partial charge on any atom is 0.241 e. The number of carbonyl (C=O) groups excluding carboxylic acids is 1. The molecule has 1 aromatic rings. The number of amides is 1. The molecule has 1 amide bonds. The van der Waals surface area contributed by atoms with Gasteiger partial charge >= 0.3 is 0 Å². The van der Waals surface area contributed by atoms with E-state index in [0.29, 0.717) is 18.2 Å². The first kappa shape index (κ1) is 15.5. The molecule has 3 N–H and O–H groups in total. The van der Waals surface area contributed by atoms with Crippen molar-refractivity contribution in [2.75, 3.05) is 11.9 Å². The maximum absolute atomic E-state index is 11.9. The van der Waals surface area contributed by atoms with Crippen molar-refractivity contribution in [3.8, 4) is 5.75 Å². The summed E-state index contributed by atoms with van der Waals surface area (Å²) >= 11 is 0. The van der Waals surface area contributed by atoms with Gasteiger partial charge in [0, 0.05) is 11.8 Å². The third-order valence-corrected chi connectivity index (χ3v) is 2.71. The Bertz CT molecular complexity index is 416. The Kier molecular flexibility index (Phi) is 5.83. The highest BCUT2D eigenvalue weighted by atomic mass is 16.5. The standard InChI is InChI=1S/C15H24N2O2/c1-10(2)9-19-13-7-5-6-12(8-13)17-15(18)14(16)11(3)4/h5-8,10-11,14H,9,16H2,1-4H3,(H,17,18)/t14-/m0/s1. The van der Waals surface area contributed by atoms with Crippen LogP contribution in [0, 0.1) is 11.8 Å². The first-order valence-electron chi connectivity index (χ1n) is 6.69. The molecule has 1 rings (SSSR count). The number of rotatable bonds is 6. The zero-order chi connectivity index (χ0) is 14.4. The van der Waals surface area contributed by atoms with Crippen LogP contribution in [0.3, 0.4) is 0 Å². The Hall–Kier alpha value is -1.55. The number of anilines is 1. The summed E-state index contributed by atoms with van der Waals surface area (Å²) in [5, 5.41) is 2.81. The molecule has 106 valence electrons. The number of nitrogens with two attached hydrogens (primary N) is 1. The number of nitrogens with one attached hydrogen (secondary N) is 1. The van der Waals surface area contributed by atoms with Crippen molar-refractivity contribution < 1.29 is 9.53 Å². The van der Waals surface area contributed by atoms with Gasteiger partial charge < -0.3 is 15.8 Å². The third-order valence-electron chi connectivity index (χ3n) is 2.71. The summed E-state index contributed by atoms with van der Waals surface area (Å²) < 4.78 is 5.62. The van der Waals surface area contributed by atoms with E-state index in [1.54, 1.807) is 0 Å². The van der Waals surface area contributed by atoms with E-state index in [1.165, 1.54) is 0 Å².